The second-order valence-corrected chi connectivity index (χ2v) is 8.17. The number of rotatable bonds is 10. The van der Waals surface area contributed by atoms with Gasteiger partial charge in [0.1, 0.15) is 11.5 Å². The largest absolute Gasteiger partial charge is 0.476 e. The fraction of sp³-hybridized carbons (Fsp3) is 0.636. The van der Waals surface area contributed by atoms with Crippen LogP contribution in [0.3, 0.4) is 0 Å². The highest BCUT2D eigenvalue weighted by Crippen LogP contribution is 2.21. The number of carboxylic acids is 2. The van der Waals surface area contributed by atoms with Crippen molar-refractivity contribution in [3.63, 3.8) is 0 Å². The van der Waals surface area contributed by atoms with Gasteiger partial charge < -0.3 is 19.3 Å². The minimum atomic E-state index is -1.00. The van der Waals surface area contributed by atoms with Crippen LogP contribution in [0.4, 0.5) is 0 Å². The number of hydrogen-bond acceptors (Lipinski definition) is 6. The van der Waals surface area contributed by atoms with E-state index in [0.717, 1.165) is 48.3 Å². The van der Waals surface area contributed by atoms with Crippen LogP contribution in [0.2, 0.25) is 0 Å². The molecule has 30 heavy (non-hydrogen) atoms. The van der Waals surface area contributed by atoms with Crippen LogP contribution in [0, 0.1) is 11.8 Å². The number of hydrogen-bond donors (Lipinski definition) is 2. The van der Waals surface area contributed by atoms with E-state index in [9.17, 15) is 9.59 Å². The summed E-state index contributed by atoms with van der Waals surface area (Å²) in [4.78, 5) is 21.8. The highest BCUT2D eigenvalue weighted by Gasteiger charge is 2.22. The average molecular weight is 423 g/mol. The Morgan fingerprint density at radius 3 is 1.67 bits per heavy atom. The maximum absolute atomic E-state index is 10.9. The minimum Gasteiger partial charge on any atom is -0.476 e. The third-order valence-electron chi connectivity index (χ3n) is 4.33. The number of carboxylic acid groups (broad SMARTS) is 2. The summed E-state index contributed by atoms with van der Waals surface area (Å²) in [5.41, 5.74) is 1.68. The zero-order valence-corrected chi connectivity index (χ0v) is 18.8. The molecule has 0 aliphatic heterocycles. The lowest BCUT2D eigenvalue weighted by Gasteiger charge is -2.04. The normalized spacial score (nSPS) is 10.9. The third kappa shape index (κ3) is 7.31. The lowest BCUT2D eigenvalue weighted by Crippen LogP contribution is -2.05. The lowest BCUT2D eigenvalue weighted by atomic mass is 9.99. The first-order valence-electron chi connectivity index (χ1n) is 10.5. The zero-order valence-electron chi connectivity index (χ0n) is 18.8. The van der Waals surface area contributed by atoms with Crippen molar-refractivity contribution in [1.29, 1.82) is 0 Å². The fourth-order valence-electron chi connectivity index (χ4n) is 3.10. The number of aryl methyl sites for hydroxylation is 1. The first-order valence-corrected chi connectivity index (χ1v) is 10.5. The Bertz CT molecular complexity index is 820. The minimum absolute atomic E-state index is 0.0761. The molecular weight excluding hydrogens is 388 g/mol. The van der Waals surface area contributed by atoms with Crippen molar-refractivity contribution in [2.45, 2.75) is 80.1 Å². The van der Waals surface area contributed by atoms with Crippen LogP contribution in [0.25, 0.3) is 0 Å². The van der Waals surface area contributed by atoms with Crippen LogP contribution in [-0.4, -0.2) is 32.5 Å². The monoisotopic (exact) mass is 422 g/mol. The van der Waals surface area contributed by atoms with E-state index in [0.29, 0.717) is 24.7 Å². The summed E-state index contributed by atoms with van der Waals surface area (Å²) in [5, 5.41) is 25.1. The molecule has 0 radical (unpaired) electrons. The van der Waals surface area contributed by atoms with E-state index in [2.05, 4.69) is 24.2 Å². The van der Waals surface area contributed by atoms with Gasteiger partial charge in [0, 0.05) is 24.0 Å². The van der Waals surface area contributed by atoms with Gasteiger partial charge in [-0.25, -0.2) is 9.59 Å². The van der Waals surface area contributed by atoms with Crippen molar-refractivity contribution in [3.05, 3.63) is 34.0 Å². The molecule has 8 heteroatoms. The molecule has 0 unspecified atom stereocenters. The van der Waals surface area contributed by atoms with Gasteiger partial charge in [-0.05, 0) is 31.1 Å². The maximum atomic E-state index is 10.9. The molecule has 0 fully saturated rings. The fourth-order valence-corrected chi connectivity index (χ4v) is 3.10. The second-order valence-electron chi connectivity index (χ2n) is 8.17. The molecule has 0 aliphatic rings. The Balaban J connectivity index is 0.000000300. The van der Waals surface area contributed by atoms with Gasteiger partial charge in [-0.2, -0.15) is 0 Å². The molecule has 0 amide bonds. The second kappa shape index (κ2) is 12.1. The summed E-state index contributed by atoms with van der Waals surface area (Å²) in [7, 11) is 0. The molecule has 2 N–H and O–H groups in total. The van der Waals surface area contributed by atoms with Crippen molar-refractivity contribution in [1.82, 2.24) is 10.3 Å². The number of nitrogens with zero attached hydrogens (tertiary/aromatic N) is 2. The molecule has 168 valence electrons. The third-order valence-corrected chi connectivity index (χ3v) is 4.33. The number of aromatic carboxylic acids is 2. The molecule has 8 nitrogen and oxygen atoms in total. The van der Waals surface area contributed by atoms with Crippen LogP contribution < -0.4 is 0 Å². The highest BCUT2D eigenvalue weighted by atomic mass is 16.5. The van der Waals surface area contributed by atoms with E-state index in [1.165, 1.54) is 0 Å². The van der Waals surface area contributed by atoms with Crippen LogP contribution >= 0.6 is 0 Å². The van der Waals surface area contributed by atoms with Crippen molar-refractivity contribution in [2.75, 3.05) is 0 Å². The van der Waals surface area contributed by atoms with E-state index in [1.807, 2.05) is 27.7 Å². The van der Waals surface area contributed by atoms with Gasteiger partial charge in [-0.15, -0.1) is 0 Å². The highest BCUT2D eigenvalue weighted by molar-refractivity contribution is 5.87. The quantitative estimate of drug-likeness (QED) is 0.545. The van der Waals surface area contributed by atoms with Crippen LogP contribution in [0.1, 0.15) is 98.0 Å². The predicted octanol–water partition coefficient (Wildman–Crippen LogP) is 5.05. The Morgan fingerprint density at radius 2 is 1.23 bits per heavy atom. The van der Waals surface area contributed by atoms with Crippen LogP contribution in [0.5, 0.6) is 0 Å². The Morgan fingerprint density at radius 1 is 0.767 bits per heavy atom. The maximum Gasteiger partial charge on any atom is 0.358 e. The van der Waals surface area contributed by atoms with Crippen molar-refractivity contribution in [3.8, 4) is 0 Å². The molecule has 2 aromatic rings. The van der Waals surface area contributed by atoms with E-state index >= 15 is 0 Å². The van der Waals surface area contributed by atoms with Crippen molar-refractivity contribution >= 4 is 11.9 Å². The predicted molar refractivity (Wildman–Crippen MR) is 112 cm³/mol. The van der Waals surface area contributed by atoms with Gasteiger partial charge in [0.25, 0.3) is 0 Å². The van der Waals surface area contributed by atoms with E-state index < -0.39 is 11.9 Å². The molecule has 0 spiro atoms. The molecule has 0 aliphatic carbocycles. The summed E-state index contributed by atoms with van der Waals surface area (Å²) in [6.45, 7) is 12.3. The van der Waals surface area contributed by atoms with E-state index in [-0.39, 0.29) is 11.4 Å². The molecule has 0 saturated heterocycles. The van der Waals surface area contributed by atoms with Gasteiger partial charge in [-0.3, -0.25) is 0 Å². The van der Waals surface area contributed by atoms with Gasteiger partial charge >= 0.3 is 11.9 Å². The number of aromatic nitrogens is 2. The Labute approximate surface area is 177 Å². The summed E-state index contributed by atoms with van der Waals surface area (Å²) in [6, 6.07) is 0. The first kappa shape index (κ1) is 25.4. The summed E-state index contributed by atoms with van der Waals surface area (Å²) in [5.74, 6) is 0.287. The van der Waals surface area contributed by atoms with Gasteiger partial charge in [0.2, 0.25) is 0 Å². The standard InChI is InChI=1S/2C11H17NO3/c1-4-5-9-8(6-7(2)3)10(11(13)14)12-15-9;1-4-5-8-9(6-7(2)3)15-12-10(8)11(13)14/h2*7H,4-6H2,1-3H3,(H,13,14). The molecule has 0 aromatic carbocycles. The van der Waals surface area contributed by atoms with Gasteiger partial charge in [0.15, 0.2) is 11.4 Å². The SMILES string of the molecule is CCCc1c(C(=O)O)noc1CC(C)C.CCCc1onc(C(=O)O)c1CC(C)C. The Hall–Kier alpha value is -2.64. The van der Waals surface area contributed by atoms with E-state index in [1.54, 1.807) is 0 Å². The summed E-state index contributed by atoms with van der Waals surface area (Å²) < 4.78 is 10.2. The van der Waals surface area contributed by atoms with Crippen molar-refractivity contribution < 1.29 is 28.8 Å². The summed E-state index contributed by atoms with van der Waals surface area (Å²) in [6.07, 6.45) is 4.75. The summed E-state index contributed by atoms with van der Waals surface area (Å²) >= 11 is 0. The first-order chi connectivity index (χ1) is 14.1. The molecule has 0 bridgehead atoms. The lowest BCUT2D eigenvalue weighted by molar-refractivity contribution is 0.0673. The topological polar surface area (TPSA) is 127 Å². The van der Waals surface area contributed by atoms with Crippen molar-refractivity contribution in [2.24, 2.45) is 11.8 Å². The van der Waals surface area contributed by atoms with Crippen LogP contribution in [-0.2, 0) is 25.7 Å². The number of carbonyl (C=O) groups is 2. The average Bonchev–Trinajstić information content (AvgIpc) is 3.20. The molecule has 2 aromatic heterocycles. The van der Waals surface area contributed by atoms with Gasteiger partial charge in [0.05, 0.1) is 0 Å². The van der Waals surface area contributed by atoms with E-state index in [4.69, 9.17) is 19.3 Å². The molecule has 0 atom stereocenters. The van der Waals surface area contributed by atoms with Gasteiger partial charge in [-0.1, -0.05) is 58.3 Å². The smallest absolute Gasteiger partial charge is 0.358 e. The zero-order chi connectivity index (χ0) is 22.8. The molecular formula is C22H34N2O6. The van der Waals surface area contributed by atoms with Crippen LogP contribution in [0.15, 0.2) is 9.05 Å². The molecule has 0 saturated carbocycles. The molecule has 2 rings (SSSR count). The molecule has 2 heterocycles. The Kier molecular flexibility index (Phi) is 10.3.